The van der Waals surface area contributed by atoms with Crippen molar-refractivity contribution >= 4 is 47.0 Å². The van der Waals surface area contributed by atoms with Gasteiger partial charge in [0.25, 0.3) is 0 Å². The van der Waals surface area contributed by atoms with Crippen molar-refractivity contribution in [3.63, 3.8) is 0 Å². The minimum Gasteiger partial charge on any atom is -0.453 e. The molecule has 1 aliphatic rings. The molecule has 0 unspecified atom stereocenters. The third-order valence-electron chi connectivity index (χ3n) is 5.61. The Hall–Kier alpha value is -4.37. The van der Waals surface area contributed by atoms with Gasteiger partial charge in [-0.25, -0.2) is 9.78 Å². The minimum absolute atomic E-state index is 0.170. The second-order valence-corrected chi connectivity index (χ2v) is 8.74. The average molecular weight is 520 g/mol. The zero-order valence-electron chi connectivity index (χ0n) is 20.1. The maximum absolute atomic E-state index is 12.7. The summed E-state index contributed by atoms with van der Waals surface area (Å²) in [6.07, 6.45) is 9.28. The number of nitrogens with zero attached hydrogens (tertiary/aromatic N) is 1. The van der Waals surface area contributed by atoms with E-state index in [2.05, 4.69) is 30.7 Å². The van der Waals surface area contributed by atoms with Crippen LogP contribution in [0.25, 0.3) is 17.3 Å². The third-order valence-corrected chi connectivity index (χ3v) is 5.85. The summed E-state index contributed by atoms with van der Waals surface area (Å²) in [5.41, 5.74) is 3.11. The molecule has 37 heavy (non-hydrogen) atoms. The van der Waals surface area contributed by atoms with Gasteiger partial charge < -0.3 is 20.4 Å². The van der Waals surface area contributed by atoms with Gasteiger partial charge in [-0.05, 0) is 54.8 Å². The quantitative estimate of drug-likeness (QED) is 0.269. The van der Waals surface area contributed by atoms with Crippen molar-refractivity contribution in [3.8, 4) is 11.3 Å². The van der Waals surface area contributed by atoms with Crippen molar-refractivity contribution in [3.05, 3.63) is 83.3 Å². The van der Waals surface area contributed by atoms with Gasteiger partial charge in [0, 0.05) is 28.8 Å². The minimum atomic E-state index is -0.618. The first-order chi connectivity index (χ1) is 17.9. The highest BCUT2D eigenvalue weighted by molar-refractivity contribution is 6.30. The molecule has 1 aliphatic heterocycles. The number of rotatable bonds is 4. The van der Waals surface area contributed by atoms with Gasteiger partial charge in [-0.15, -0.1) is 0 Å². The third kappa shape index (κ3) is 7.08. The number of carbonyl (C=O) groups excluding carboxylic acids is 3. The first kappa shape index (κ1) is 25.7. The Bertz CT molecular complexity index is 1360. The molecule has 2 heterocycles. The number of amides is 3. The van der Waals surface area contributed by atoms with Gasteiger partial charge in [0.1, 0.15) is 5.82 Å². The number of benzene rings is 2. The molecule has 2 bridgehead atoms. The van der Waals surface area contributed by atoms with Crippen LogP contribution < -0.4 is 16.0 Å². The number of hydrogen-bond donors (Lipinski definition) is 4. The van der Waals surface area contributed by atoms with Crippen LogP contribution in [0.1, 0.15) is 36.7 Å². The monoisotopic (exact) mass is 519 g/mol. The summed E-state index contributed by atoms with van der Waals surface area (Å²) >= 11 is 6.02. The molecule has 2 aromatic carbocycles. The van der Waals surface area contributed by atoms with Crippen LogP contribution in [0.3, 0.4) is 0 Å². The topological polar surface area (TPSA) is 125 Å². The fraction of sp³-hybridized carbons (Fsp3) is 0.185. The van der Waals surface area contributed by atoms with Crippen LogP contribution in [0.15, 0.2) is 66.9 Å². The fourth-order valence-corrected chi connectivity index (χ4v) is 4.00. The highest BCUT2D eigenvalue weighted by Gasteiger charge is 2.19. The average Bonchev–Trinajstić information content (AvgIpc) is 3.36. The van der Waals surface area contributed by atoms with Crippen LogP contribution >= 0.6 is 11.6 Å². The van der Waals surface area contributed by atoms with Crippen LogP contribution in [-0.4, -0.2) is 35.0 Å². The van der Waals surface area contributed by atoms with Crippen molar-refractivity contribution in [2.24, 2.45) is 0 Å². The van der Waals surface area contributed by atoms with E-state index < -0.39 is 12.1 Å². The highest BCUT2D eigenvalue weighted by Crippen LogP contribution is 2.31. The molecule has 4 rings (SSSR count). The number of ether oxygens (including phenoxy) is 1. The maximum atomic E-state index is 12.7. The van der Waals surface area contributed by atoms with Gasteiger partial charge in [0.15, 0.2) is 0 Å². The molecule has 10 heteroatoms. The van der Waals surface area contributed by atoms with Gasteiger partial charge in [-0.1, -0.05) is 35.9 Å². The fourth-order valence-electron chi connectivity index (χ4n) is 3.80. The largest absolute Gasteiger partial charge is 0.453 e. The number of H-pyrrole nitrogens is 1. The first-order valence-corrected chi connectivity index (χ1v) is 12.0. The number of aromatic nitrogens is 2. The Morgan fingerprint density at radius 1 is 1.19 bits per heavy atom. The smallest absolute Gasteiger partial charge is 0.411 e. The van der Waals surface area contributed by atoms with Crippen molar-refractivity contribution in [1.82, 2.24) is 15.3 Å². The van der Waals surface area contributed by atoms with Gasteiger partial charge in [0.2, 0.25) is 11.8 Å². The van der Waals surface area contributed by atoms with Crippen LogP contribution in [0, 0.1) is 0 Å². The summed E-state index contributed by atoms with van der Waals surface area (Å²) < 4.78 is 4.65. The summed E-state index contributed by atoms with van der Waals surface area (Å²) in [6.45, 7) is 0. The lowest BCUT2D eigenvalue weighted by Crippen LogP contribution is -2.27. The maximum Gasteiger partial charge on any atom is 0.411 e. The Morgan fingerprint density at radius 3 is 2.86 bits per heavy atom. The lowest BCUT2D eigenvalue weighted by atomic mass is 10.1. The van der Waals surface area contributed by atoms with E-state index in [1.165, 1.54) is 13.2 Å². The second kappa shape index (κ2) is 12.0. The highest BCUT2D eigenvalue weighted by atomic mass is 35.5. The number of fused-ring (bicyclic) bond motifs is 4. The van der Waals surface area contributed by atoms with E-state index in [0.29, 0.717) is 46.3 Å². The molecule has 0 radical (unpaired) electrons. The molecule has 3 aromatic rings. The summed E-state index contributed by atoms with van der Waals surface area (Å²) in [5, 5.41) is 9.08. The van der Waals surface area contributed by atoms with E-state index in [9.17, 15) is 14.4 Å². The van der Waals surface area contributed by atoms with Crippen LogP contribution in [0.5, 0.6) is 0 Å². The van der Waals surface area contributed by atoms with E-state index in [0.717, 1.165) is 5.56 Å². The number of halogens is 1. The normalized spacial score (nSPS) is 16.4. The number of methoxy groups -OCH3 is 1. The van der Waals surface area contributed by atoms with Crippen LogP contribution in [0.4, 0.5) is 16.2 Å². The van der Waals surface area contributed by atoms with Gasteiger partial charge in [0.05, 0.1) is 30.7 Å². The molecule has 1 atom stereocenters. The number of nitrogens with one attached hydrogen (secondary N) is 4. The molecule has 1 aromatic heterocycles. The van der Waals surface area contributed by atoms with E-state index in [1.54, 1.807) is 42.6 Å². The SMILES string of the molecule is COC(=O)Nc1ccc2c(c1)NC(=O)CC/C=C/C[C@H](NC(=O)/C=C/c1cccc(Cl)c1)c1ncc-2[nH]1. The molecule has 4 N–H and O–H groups in total. The van der Waals surface area contributed by atoms with Crippen molar-refractivity contribution in [2.75, 3.05) is 17.7 Å². The predicted molar refractivity (Wildman–Crippen MR) is 143 cm³/mol. The molecule has 0 spiro atoms. The number of aromatic amines is 1. The number of carbonyl (C=O) groups is 3. The molecular weight excluding hydrogens is 494 g/mol. The standard InChI is InChI=1S/C27H26ClN5O4/c1-37-27(36)30-19-11-12-20-22(15-19)32-24(34)9-4-2-3-8-21(26-29-16-23(20)33-26)31-25(35)13-10-17-6-5-7-18(28)14-17/h2-3,5-7,10-16,21H,4,8-9H2,1H3,(H,29,33)(H,30,36)(H,31,35)(H,32,34)/b3-2+,13-10+/t21-/m0/s1. The number of allylic oxidation sites excluding steroid dienone is 1. The van der Waals surface area contributed by atoms with E-state index >= 15 is 0 Å². The lowest BCUT2D eigenvalue weighted by molar-refractivity contribution is -0.117. The van der Waals surface area contributed by atoms with Crippen molar-refractivity contribution in [2.45, 2.75) is 25.3 Å². The van der Waals surface area contributed by atoms with E-state index in [1.807, 2.05) is 24.3 Å². The number of hydrogen-bond acceptors (Lipinski definition) is 5. The predicted octanol–water partition coefficient (Wildman–Crippen LogP) is 5.46. The van der Waals surface area contributed by atoms with Gasteiger partial charge >= 0.3 is 6.09 Å². The Morgan fingerprint density at radius 2 is 2.05 bits per heavy atom. The van der Waals surface area contributed by atoms with E-state index in [4.69, 9.17) is 11.6 Å². The molecule has 0 fully saturated rings. The second-order valence-electron chi connectivity index (χ2n) is 8.30. The molecule has 3 amide bonds. The summed E-state index contributed by atoms with van der Waals surface area (Å²) in [6, 6.07) is 11.9. The molecule has 0 saturated carbocycles. The van der Waals surface area contributed by atoms with Crippen LogP contribution in [-0.2, 0) is 14.3 Å². The van der Waals surface area contributed by atoms with Crippen molar-refractivity contribution < 1.29 is 19.1 Å². The zero-order chi connectivity index (χ0) is 26.2. The van der Waals surface area contributed by atoms with Gasteiger partial charge in [-0.2, -0.15) is 0 Å². The first-order valence-electron chi connectivity index (χ1n) is 11.6. The Balaban J connectivity index is 1.60. The summed E-state index contributed by atoms with van der Waals surface area (Å²) in [5.74, 6) is 0.116. The van der Waals surface area contributed by atoms with Crippen LogP contribution in [0.2, 0.25) is 5.02 Å². The summed E-state index contributed by atoms with van der Waals surface area (Å²) in [4.78, 5) is 44.7. The van der Waals surface area contributed by atoms with Crippen molar-refractivity contribution in [1.29, 1.82) is 0 Å². The molecule has 0 saturated heterocycles. The summed E-state index contributed by atoms with van der Waals surface area (Å²) in [7, 11) is 1.27. The number of anilines is 2. The van der Waals surface area contributed by atoms with Gasteiger partial charge in [-0.3, -0.25) is 14.9 Å². The Kier molecular flexibility index (Phi) is 8.37. The lowest BCUT2D eigenvalue weighted by Gasteiger charge is -2.14. The molecule has 0 aliphatic carbocycles. The number of imidazole rings is 1. The zero-order valence-corrected chi connectivity index (χ0v) is 20.8. The van der Waals surface area contributed by atoms with E-state index in [-0.39, 0.29) is 18.2 Å². The molecular formula is C27H26ClN5O4. The Labute approximate surface area is 219 Å². The molecule has 190 valence electrons. The molecule has 9 nitrogen and oxygen atoms in total.